The number of carbonyl (C=O) groups excluding carboxylic acids is 1. The second-order valence-electron chi connectivity index (χ2n) is 7.56. The first-order chi connectivity index (χ1) is 15.1. The molecule has 1 aromatic heterocycles. The lowest BCUT2D eigenvalue weighted by molar-refractivity contribution is -0.133. The van der Waals surface area contributed by atoms with Crippen molar-refractivity contribution in [2.24, 2.45) is 0 Å². The minimum absolute atomic E-state index is 0.0689. The fourth-order valence-electron chi connectivity index (χ4n) is 3.79. The molecule has 1 fully saturated rings. The van der Waals surface area contributed by atoms with Crippen LogP contribution in [0.3, 0.4) is 0 Å². The van der Waals surface area contributed by atoms with Gasteiger partial charge in [0.2, 0.25) is 5.91 Å². The fraction of sp³-hybridized carbons (Fsp3) is 0.292. The lowest BCUT2D eigenvalue weighted by Gasteiger charge is -2.34. The van der Waals surface area contributed by atoms with Crippen LogP contribution < -0.4 is 10.3 Å². The number of carbonyl (C=O) groups is 1. The van der Waals surface area contributed by atoms with E-state index in [2.05, 4.69) is 22.1 Å². The van der Waals surface area contributed by atoms with Crippen LogP contribution in [0, 0.1) is 0 Å². The van der Waals surface area contributed by atoms with Crippen LogP contribution in [0.15, 0.2) is 71.5 Å². The molecule has 0 atom stereocenters. The zero-order chi connectivity index (χ0) is 21.6. The number of aromatic nitrogens is 2. The SMILES string of the molecule is COc1ccccc1-c1ccc(=O)n(CC(=O)N2CCN(Cc3ccccc3)CC2)n1. The first kappa shape index (κ1) is 20.8. The molecule has 0 aliphatic carbocycles. The molecule has 160 valence electrons. The van der Waals surface area contributed by atoms with Crippen molar-refractivity contribution in [3.63, 3.8) is 0 Å². The van der Waals surface area contributed by atoms with Gasteiger partial charge in [0.05, 0.1) is 12.8 Å². The molecule has 2 aromatic carbocycles. The monoisotopic (exact) mass is 418 g/mol. The van der Waals surface area contributed by atoms with E-state index in [1.807, 2.05) is 47.4 Å². The molecule has 0 bridgehead atoms. The number of para-hydroxylation sites is 1. The molecule has 3 aromatic rings. The maximum Gasteiger partial charge on any atom is 0.267 e. The molecule has 1 amide bonds. The first-order valence-electron chi connectivity index (χ1n) is 10.4. The molecular formula is C24H26N4O3. The molecule has 0 radical (unpaired) electrons. The third-order valence-electron chi connectivity index (χ3n) is 5.51. The fourth-order valence-corrected chi connectivity index (χ4v) is 3.79. The highest BCUT2D eigenvalue weighted by Gasteiger charge is 2.22. The molecular weight excluding hydrogens is 392 g/mol. The van der Waals surface area contributed by atoms with Crippen molar-refractivity contribution in [1.82, 2.24) is 19.6 Å². The number of hydrogen-bond acceptors (Lipinski definition) is 5. The van der Waals surface area contributed by atoms with E-state index < -0.39 is 0 Å². The van der Waals surface area contributed by atoms with Gasteiger partial charge in [-0.15, -0.1) is 0 Å². The molecule has 2 heterocycles. The summed E-state index contributed by atoms with van der Waals surface area (Å²) in [6, 6.07) is 20.9. The van der Waals surface area contributed by atoms with Crippen LogP contribution in [0.4, 0.5) is 0 Å². The van der Waals surface area contributed by atoms with Crippen LogP contribution in [0.25, 0.3) is 11.3 Å². The quantitative estimate of drug-likeness (QED) is 0.614. The van der Waals surface area contributed by atoms with Gasteiger partial charge in [-0.2, -0.15) is 5.10 Å². The number of rotatable bonds is 6. The van der Waals surface area contributed by atoms with Crippen molar-refractivity contribution in [2.45, 2.75) is 13.1 Å². The lowest BCUT2D eigenvalue weighted by Crippen LogP contribution is -2.49. The highest BCUT2D eigenvalue weighted by Crippen LogP contribution is 2.27. The van der Waals surface area contributed by atoms with E-state index in [0.717, 1.165) is 25.2 Å². The average molecular weight is 418 g/mol. The second kappa shape index (κ2) is 9.57. The molecule has 31 heavy (non-hydrogen) atoms. The van der Waals surface area contributed by atoms with Crippen molar-refractivity contribution < 1.29 is 9.53 Å². The number of methoxy groups -OCH3 is 1. The number of piperazine rings is 1. The van der Waals surface area contributed by atoms with E-state index in [4.69, 9.17) is 4.74 Å². The number of amides is 1. The van der Waals surface area contributed by atoms with E-state index in [-0.39, 0.29) is 18.0 Å². The minimum atomic E-state index is -0.297. The van der Waals surface area contributed by atoms with Gasteiger partial charge in [0, 0.05) is 44.4 Å². The summed E-state index contributed by atoms with van der Waals surface area (Å²) < 4.78 is 6.63. The van der Waals surface area contributed by atoms with Crippen LogP contribution in [-0.4, -0.2) is 58.8 Å². The Labute approximate surface area is 181 Å². The van der Waals surface area contributed by atoms with Gasteiger partial charge >= 0.3 is 0 Å². The zero-order valence-corrected chi connectivity index (χ0v) is 17.6. The van der Waals surface area contributed by atoms with Gasteiger partial charge in [0.1, 0.15) is 12.3 Å². The highest BCUT2D eigenvalue weighted by molar-refractivity contribution is 5.76. The summed E-state index contributed by atoms with van der Waals surface area (Å²) >= 11 is 0. The van der Waals surface area contributed by atoms with E-state index in [9.17, 15) is 9.59 Å². The molecule has 7 heteroatoms. The van der Waals surface area contributed by atoms with Crippen LogP contribution in [0.5, 0.6) is 5.75 Å². The molecule has 0 unspecified atom stereocenters. The molecule has 1 saturated heterocycles. The maximum absolute atomic E-state index is 12.8. The molecule has 0 N–H and O–H groups in total. The molecule has 1 aliphatic heterocycles. The van der Waals surface area contributed by atoms with E-state index in [0.29, 0.717) is 24.5 Å². The number of ether oxygens (including phenoxy) is 1. The van der Waals surface area contributed by atoms with Crippen molar-refractivity contribution in [3.05, 3.63) is 82.6 Å². The summed E-state index contributed by atoms with van der Waals surface area (Å²) in [7, 11) is 1.59. The smallest absolute Gasteiger partial charge is 0.267 e. The molecule has 7 nitrogen and oxygen atoms in total. The summed E-state index contributed by atoms with van der Waals surface area (Å²) in [4.78, 5) is 29.3. The summed E-state index contributed by atoms with van der Waals surface area (Å²) in [5.41, 5.74) is 2.35. The molecule has 4 rings (SSSR count). The summed E-state index contributed by atoms with van der Waals surface area (Å²) in [5, 5.41) is 4.42. The van der Waals surface area contributed by atoms with Crippen LogP contribution in [0.1, 0.15) is 5.56 Å². The standard InChI is InChI=1S/C24H26N4O3/c1-31-22-10-6-5-9-20(22)21-11-12-23(29)28(25-21)18-24(30)27-15-13-26(14-16-27)17-19-7-3-2-4-8-19/h2-12H,13-18H2,1H3. The Kier molecular flexibility index (Phi) is 6.43. The van der Waals surface area contributed by atoms with Crippen molar-refractivity contribution >= 4 is 5.91 Å². The Morgan fingerprint density at radius 2 is 1.65 bits per heavy atom. The predicted octanol–water partition coefficient (Wildman–Crippen LogP) is 2.26. The third kappa shape index (κ3) is 5.00. The predicted molar refractivity (Wildman–Crippen MR) is 119 cm³/mol. The zero-order valence-electron chi connectivity index (χ0n) is 17.6. The normalized spacial score (nSPS) is 14.4. The Balaban J connectivity index is 1.40. The number of hydrogen-bond donors (Lipinski definition) is 0. The van der Waals surface area contributed by atoms with Crippen molar-refractivity contribution in [1.29, 1.82) is 0 Å². The number of benzene rings is 2. The Bertz CT molecular complexity index is 1090. The van der Waals surface area contributed by atoms with Crippen LogP contribution in [-0.2, 0) is 17.9 Å². The Morgan fingerprint density at radius 3 is 2.39 bits per heavy atom. The van der Waals surface area contributed by atoms with Crippen molar-refractivity contribution in [2.75, 3.05) is 33.3 Å². The van der Waals surface area contributed by atoms with E-state index >= 15 is 0 Å². The molecule has 0 saturated carbocycles. The summed E-state index contributed by atoms with van der Waals surface area (Å²) in [5.74, 6) is 0.576. The number of nitrogens with zero attached hydrogens (tertiary/aromatic N) is 4. The maximum atomic E-state index is 12.8. The van der Waals surface area contributed by atoms with Gasteiger partial charge < -0.3 is 9.64 Å². The van der Waals surface area contributed by atoms with Crippen LogP contribution in [0.2, 0.25) is 0 Å². The van der Waals surface area contributed by atoms with Gasteiger partial charge in [-0.1, -0.05) is 42.5 Å². The lowest BCUT2D eigenvalue weighted by atomic mass is 10.1. The van der Waals surface area contributed by atoms with E-state index in [1.165, 1.54) is 16.3 Å². The van der Waals surface area contributed by atoms with Gasteiger partial charge in [-0.05, 0) is 23.8 Å². The van der Waals surface area contributed by atoms with Gasteiger partial charge in [0.15, 0.2) is 0 Å². The van der Waals surface area contributed by atoms with Crippen molar-refractivity contribution in [3.8, 4) is 17.0 Å². The molecule has 1 aliphatic rings. The minimum Gasteiger partial charge on any atom is -0.496 e. The van der Waals surface area contributed by atoms with Crippen LogP contribution >= 0.6 is 0 Å². The Hall–Kier alpha value is -3.45. The second-order valence-corrected chi connectivity index (χ2v) is 7.56. The Morgan fingerprint density at radius 1 is 0.935 bits per heavy atom. The largest absolute Gasteiger partial charge is 0.496 e. The molecule has 0 spiro atoms. The first-order valence-corrected chi connectivity index (χ1v) is 10.4. The topological polar surface area (TPSA) is 67.7 Å². The van der Waals surface area contributed by atoms with Gasteiger partial charge in [-0.25, -0.2) is 4.68 Å². The van der Waals surface area contributed by atoms with E-state index in [1.54, 1.807) is 13.2 Å². The van der Waals surface area contributed by atoms with Gasteiger partial charge in [0.25, 0.3) is 5.56 Å². The third-order valence-corrected chi connectivity index (χ3v) is 5.51. The average Bonchev–Trinajstić information content (AvgIpc) is 2.81. The summed E-state index contributed by atoms with van der Waals surface area (Å²) in [6.07, 6.45) is 0. The van der Waals surface area contributed by atoms with Gasteiger partial charge in [-0.3, -0.25) is 14.5 Å². The highest BCUT2D eigenvalue weighted by atomic mass is 16.5. The summed E-state index contributed by atoms with van der Waals surface area (Å²) in [6.45, 7) is 3.72.